The summed E-state index contributed by atoms with van der Waals surface area (Å²) in [6, 6.07) is -0.236. The molecule has 0 aromatic carbocycles. The van der Waals surface area contributed by atoms with Gasteiger partial charge in [-0.15, -0.1) is 0 Å². The van der Waals surface area contributed by atoms with E-state index < -0.39 is 12.4 Å². The third-order valence-electron chi connectivity index (χ3n) is 2.13. The molecule has 0 aromatic heterocycles. The summed E-state index contributed by atoms with van der Waals surface area (Å²) in [5.74, 6) is 0.527. The van der Waals surface area contributed by atoms with Gasteiger partial charge in [0.15, 0.2) is 0 Å². The van der Waals surface area contributed by atoms with E-state index in [2.05, 4.69) is 0 Å². The number of alkyl halides is 2. The first kappa shape index (κ1) is 11.7. The Morgan fingerprint density at radius 1 is 1.64 bits per heavy atom. The molecule has 3 nitrogen and oxygen atoms in total. The Hall–Kier alpha value is -0.360. The molecule has 1 atom stereocenters. The van der Waals surface area contributed by atoms with Crippen molar-refractivity contribution in [3.8, 4) is 0 Å². The van der Waals surface area contributed by atoms with Gasteiger partial charge in [0.2, 0.25) is 0 Å². The molecule has 1 aliphatic rings. The molecule has 0 amide bonds. The van der Waals surface area contributed by atoms with Gasteiger partial charge < -0.3 is 5.11 Å². The van der Waals surface area contributed by atoms with E-state index >= 15 is 0 Å². The number of nitrogens with zero attached hydrogens (tertiary/aromatic N) is 1. The van der Waals surface area contributed by atoms with Crippen LogP contribution in [0.4, 0.5) is 8.78 Å². The topological polar surface area (TPSA) is 40.5 Å². The Morgan fingerprint density at radius 3 is 2.93 bits per heavy atom. The molecule has 1 heterocycles. The summed E-state index contributed by atoms with van der Waals surface area (Å²) in [6.07, 6.45) is -2.42. The molecule has 0 saturated carbocycles. The average Bonchev–Trinajstić information content (AvgIpc) is 2.06. The Balaban J connectivity index is 2.45. The van der Waals surface area contributed by atoms with Gasteiger partial charge >= 0.3 is 5.97 Å². The highest BCUT2D eigenvalue weighted by Crippen LogP contribution is 2.19. The van der Waals surface area contributed by atoms with Crippen molar-refractivity contribution >= 4 is 17.7 Å². The predicted molar refractivity (Wildman–Crippen MR) is 50.9 cm³/mol. The number of thioether (sulfide) groups is 1. The van der Waals surface area contributed by atoms with Crippen LogP contribution in [0.1, 0.15) is 6.42 Å². The van der Waals surface area contributed by atoms with Gasteiger partial charge in [0.25, 0.3) is 6.43 Å². The second-order valence-electron chi connectivity index (χ2n) is 3.21. The molecule has 1 fully saturated rings. The maximum Gasteiger partial charge on any atom is 0.304 e. The van der Waals surface area contributed by atoms with Gasteiger partial charge in [0.1, 0.15) is 0 Å². The summed E-state index contributed by atoms with van der Waals surface area (Å²) >= 11 is 1.63. The van der Waals surface area contributed by atoms with Crippen LogP contribution in [0.15, 0.2) is 0 Å². The summed E-state index contributed by atoms with van der Waals surface area (Å²) in [7, 11) is 0. The molecule has 1 unspecified atom stereocenters. The van der Waals surface area contributed by atoms with Crippen molar-refractivity contribution in [2.24, 2.45) is 0 Å². The summed E-state index contributed by atoms with van der Waals surface area (Å²) < 4.78 is 24.3. The zero-order valence-electron chi connectivity index (χ0n) is 7.66. The van der Waals surface area contributed by atoms with Crippen LogP contribution in [0, 0.1) is 0 Å². The Bertz CT molecular complexity index is 204. The number of hydrogen-bond donors (Lipinski definition) is 1. The zero-order chi connectivity index (χ0) is 10.6. The SMILES string of the molecule is O=C(O)CC1CSCCN1CC(F)F. The maximum atomic E-state index is 12.1. The lowest BCUT2D eigenvalue weighted by molar-refractivity contribution is -0.138. The summed E-state index contributed by atoms with van der Waals surface area (Å²) in [6.45, 7) is 0.255. The first-order chi connectivity index (χ1) is 6.59. The van der Waals surface area contributed by atoms with Crippen molar-refractivity contribution in [2.45, 2.75) is 18.9 Å². The van der Waals surface area contributed by atoms with Crippen molar-refractivity contribution in [3.05, 3.63) is 0 Å². The minimum Gasteiger partial charge on any atom is -0.481 e. The number of aliphatic carboxylic acids is 1. The lowest BCUT2D eigenvalue weighted by Crippen LogP contribution is -2.45. The second-order valence-corrected chi connectivity index (χ2v) is 4.36. The summed E-state index contributed by atoms with van der Waals surface area (Å²) in [4.78, 5) is 12.1. The van der Waals surface area contributed by atoms with E-state index in [0.29, 0.717) is 12.3 Å². The average molecular weight is 225 g/mol. The second kappa shape index (κ2) is 5.50. The molecule has 14 heavy (non-hydrogen) atoms. The van der Waals surface area contributed by atoms with Gasteiger partial charge in [0, 0.05) is 24.1 Å². The van der Waals surface area contributed by atoms with Crippen molar-refractivity contribution in [2.75, 3.05) is 24.6 Å². The first-order valence-electron chi connectivity index (χ1n) is 4.41. The van der Waals surface area contributed by atoms with Crippen LogP contribution in [0.2, 0.25) is 0 Å². The lowest BCUT2D eigenvalue weighted by atomic mass is 10.2. The molecule has 82 valence electrons. The molecule has 1 N–H and O–H groups in total. The van der Waals surface area contributed by atoms with E-state index in [1.165, 1.54) is 0 Å². The number of carboxylic acid groups (broad SMARTS) is 1. The Morgan fingerprint density at radius 2 is 2.36 bits per heavy atom. The molecule has 1 aliphatic heterocycles. The highest BCUT2D eigenvalue weighted by molar-refractivity contribution is 7.99. The first-order valence-corrected chi connectivity index (χ1v) is 5.57. The third kappa shape index (κ3) is 3.79. The third-order valence-corrected chi connectivity index (χ3v) is 3.22. The van der Waals surface area contributed by atoms with Gasteiger partial charge in [-0.25, -0.2) is 8.78 Å². The van der Waals surface area contributed by atoms with Crippen LogP contribution in [-0.2, 0) is 4.79 Å². The van der Waals surface area contributed by atoms with E-state index in [9.17, 15) is 13.6 Å². The minimum absolute atomic E-state index is 0.0419. The molecule has 0 radical (unpaired) electrons. The Labute approximate surface area is 85.5 Å². The molecule has 6 heteroatoms. The fraction of sp³-hybridized carbons (Fsp3) is 0.875. The van der Waals surface area contributed by atoms with Gasteiger partial charge in [-0.1, -0.05) is 0 Å². The molecule has 0 bridgehead atoms. The van der Waals surface area contributed by atoms with Crippen molar-refractivity contribution in [3.63, 3.8) is 0 Å². The summed E-state index contributed by atoms with van der Waals surface area (Å²) in [5, 5.41) is 8.59. The fourth-order valence-electron chi connectivity index (χ4n) is 1.50. The van der Waals surface area contributed by atoms with Gasteiger partial charge in [-0.2, -0.15) is 11.8 Å². The van der Waals surface area contributed by atoms with E-state index in [0.717, 1.165) is 5.75 Å². The molecular formula is C8H13F2NO2S. The van der Waals surface area contributed by atoms with Crippen LogP contribution in [0.25, 0.3) is 0 Å². The number of halogens is 2. The fourth-order valence-corrected chi connectivity index (χ4v) is 2.63. The number of rotatable bonds is 4. The molecular weight excluding hydrogens is 212 g/mol. The lowest BCUT2D eigenvalue weighted by Gasteiger charge is -2.34. The standard InChI is InChI=1S/C8H13F2NO2S/c9-7(10)4-11-1-2-14-5-6(11)3-8(12)13/h6-7H,1-5H2,(H,12,13). The largest absolute Gasteiger partial charge is 0.481 e. The van der Waals surface area contributed by atoms with E-state index in [1.807, 2.05) is 0 Å². The van der Waals surface area contributed by atoms with Crippen LogP contribution in [0.3, 0.4) is 0 Å². The molecule has 0 spiro atoms. The quantitative estimate of drug-likeness (QED) is 0.779. The van der Waals surface area contributed by atoms with Crippen molar-refractivity contribution in [1.29, 1.82) is 0 Å². The monoisotopic (exact) mass is 225 g/mol. The van der Waals surface area contributed by atoms with Crippen LogP contribution >= 0.6 is 11.8 Å². The molecule has 0 aromatic rings. The summed E-state index contributed by atoms with van der Waals surface area (Å²) in [5.41, 5.74) is 0. The zero-order valence-corrected chi connectivity index (χ0v) is 8.47. The van der Waals surface area contributed by atoms with E-state index in [-0.39, 0.29) is 19.0 Å². The minimum atomic E-state index is -2.38. The van der Waals surface area contributed by atoms with Crippen LogP contribution < -0.4 is 0 Å². The highest BCUT2D eigenvalue weighted by Gasteiger charge is 2.26. The van der Waals surface area contributed by atoms with Crippen molar-refractivity contribution in [1.82, 2.24) is 4.90 Å². The Kier molecular flexibility index (Phi) is 4.60. The normalized spacial score (nSPS) is 24.1. The van der Waals surface area contributed by atoms with Gasteiger partial charge in [-0.05, 0) is 0 Å². The number of carboxylic acids is 1. The van der Waals surface area contributed by atoms with Gasteiger partial charge in [-0.3, -0.25) is 9.69 Å². The molecule has 1 saturated heterocycles. The van der Waals surface area contributed by atoms with Crippen molar-refractivity contribution < 1.29 is 18.7 Å². The smallest absolute Gasteiger partial charge is 0.304 e. The molecule has 1 rings (SSSR count). The highest BCUT2D eigenvalue weighted by atomic mass is 32.2. The van der Waals surface area contributed by atoms with E-state index in [1.54, 1.807) is 16.7 Å². The molecule has 0 aliphatic carbocycles. The number of hydrogen-bond acceptors (Lipinski definition) is 3. The predicted octanol–water partition coefficient (Wildman–Crippen LogP) is 1.14. The number of carbonyl (C=O) groups is 1. The van der Waals surface area contributed by atoms with Crippen LogP contribution in [-0.4, -0.2) is 53.0 Å². The van der Waals surface area contributed by atoms with Crippen LogP contribution in [0.5, 0.6) is 0 Å². The van der Waals surface area contributed by atoms with E-state index in [4.69, 9.17) is 5.11 Å². The maximum absolute atomic E-state index is 12.1. The van der Waals surface area contributed by atoms with Gasteiger partial charge in [0.05, 0.1) is 13.0 Å².